The van der Waals surface area contributed by atoms with Gasteiger partial charge in [0.1, 0.15) is 17.3 Å². The zero-order valence-electron chi connectivity index (χ0n) is 21.2. The molecule has 1 aliphatic rings. The predicted molar refractivity (Wildman–Crippen MR) is 143 cm³/mol. The SMILES string of the molecule is CCOc1ccc(Cl)c(/C(O)=C2\C(=O)C(=O)N(CCc3ccc(OC)c(OC)c3)C2c2ccc(O)cc2)c1. The number of carbonyl (C=O) groups excluding carboxylic acids is 2. The molecule has 0 spiro atoms. The van der Waals surface area contributed by atoms with E-state index in [1.165, 1.54) is 30.2 Å². The summed E-state index contributed by atoms with van der Waals surface area (Å²) in [5.74, 6) is -0.363. The van der Waals surface area contributed by atoms with Crippen molar-refractivity contribution in [3.8, 4) is 23.0 Å². The number of methoxy groups -OCH3 is 2. The molecule has 1 atom stereocenters. The number of ether oxygens (including phenoxy) is 3. The summed E-state index contributed by atoms with van der Waals surface area (Å²) < 4.78 is 16.2. The Morgan fingerprint density at radius 3 is 2.34 bits per heavy atom. The predicted octanol–water partition coefficient (Wildman–Crippen LogP) is 5.13. The summed E-state index contributed by atoms with van der Waals surface area (Å²) in [5, 5.41) is 21.4. The first-order chi connectivity index (χ1) is 18.3. The third-order valence-electron chi connectivity index (χ3n) is 6.34. The first kappa shape index (κ1) is 26.9. The Balaban J connectivity index is 1.77. The van der Waals surface area contributed by atoms with E-state index in [1.54, 1.807) is 37.4 Å². The second kappa shape index (κ2) is 11.5. The number of benzene rings is 3. The van der Waals surface area contributed by atoms with Gasteiger partial charge in [-0.1, -0.05) is 29.8 Å². The van der Waals surface area contributed by atoms with Gasteiger partial charge in [-0.2, -0.15) is 0 Å². The van der Waals surface area contributed by atoms with Gasteiger partial charge in [0.05, 0.1) is 37.5 Å². The van der Waals surface area contributed by atoms with Crippen LogP contribution in [0.4, 0.5) is 0 Å². The molecular formula is C29H28ClNO7. The first-order valence-corrected chi connectivity index (χ1v) is 12.4. The monoisotopic (exact) mass is 537 g/mol. The third-order valence-corrected chi connectivity index (χ3v) is 6.67. The van der Waals surface area contributed by atoms with E-state index in [2.05, 4.69) is 0 Å². The van der Waals surface area contributed by atoms with E-state index < -0.39 is 23.5 Å². The van der Waals surface area contributed by atoms with E-state index in [0.29, 0.717) is 35.8 Å². The number of aliphatic hydroxyl groups excluding tert-OH is 1. The summed E-state index contributed by atoms with van der Waals surface area (Å²) in [7, 11) is 3.08. The van der Waals surface area contributed by atoms with Gasteiger partial charge in [-0.3, -0.25) is 9.59 Å². The van der Waals surface area contributed by atoms with Crippen LogP contribution in [0.15, 0.2) is 66.2 Å². The number of hydrogen-bond acceptors (Lipinski definition) is 7. The quantitative estimate of drug-likeness (QED) is 0.221. The molecule has 9 heteroatoms. The van der Waals surface area contributed by atoms with E-state index >= 15 is 0 Å². The smallest absolute Gasteiger partial charge is 0.295 e. The molecule has 8 nitrogen and oxygen atoms in total. The number of amides is 1. The summed E-state index contributed by atoms with van der Waals surface area (Å²) in [6.07, 6.45) is 0.405. The lowest BCUT2D eigenvalue weighted by Crippen LogP contribution is -2.31. The topological polar surface area (TPSA) is 106 Å². The van der Waals surface area contributed by atoms with Crippen LogP contribution in [0, 0.1) is 0 Å². The molecule has 0 saturated carbocycles. The zero-order valence-corrected chi connectivity index (χ0v) is 22.0. The van der Waals surface area contributed by atoms with Crippen LogP contribution in [0.3, 0.4) is 0 Å². The van der Waals surface area contributed by atoms with E-state index in [0.717, 1.165) is 5.56 Å². The summed E-state index contributed by atoms with van der Waals surface area (Å²) in [5.41, 5.74) is 1.50. The number of nitrogens with zero attached hydrogens (tertiary/aromatic N) is 1. The van der Waals surface area contributed by atoms with Gasteiger partial charge in [-0.25, -0.2) is 0 Å². The molecule has 38 heavy (non-hydrogen) atoms. The maximum absolute atomic E-state index is 13.3. The van der Waals surface area contributed by atoms with Crippen molar-refractivity contribution in [2.24, 2.45) is 0 Å². The Morgan fingerprint density at radius 2 is 1.68 bits per heavy atom. The van der Waals surface area contributed by atoms with E-state index in [9.17, 15) is 19.8 Å². The largest absolute Gasteiger partial charge is 0.508 e. The standard InChI is InChI=1S/C29H28ClNO7/c1-4-38-20-10-11-22(30)21(16-20)27(33)25-26(18-6-8-19(32)9-7-18)31(29(35)28(25)34)14-13-17-5-12-23(36-2)24(15-17)37-3/h5-12,15-16,26,32-33H,4,13-14H2,1-3H3/b27-25+. The molecule has 1 aliphatic heterocycles. The molecule has 1 unspecified atom stereocenters. The highest BCUT2D eigenvalue weighted by Gasteiger charge is 2.46. The summed E-state index contributed by atoms with van der Waals surface area (Å²) in [6.45, 7) is 2.40. The van der Waals surface area contributed by atoms with Gasteiger partial charge in [0.15, 0.2) is 11.5 Å². The van der Waals surface area contributed by atoms with E-state index in [-0.39, 0.29) is 28.5 Å². The van der Waals surface area contributed by atoms with Crippen LogP contribution < -0.4 is 14.2 Å². The average molecular weight is 538 g/mol. The lowest BCUT2D eigenvalue weighted by atomic mass is 9.95. The van der Waals surface area contributed by atoms with Crippen molar-refractivity contribution in [3.05, 3.63) is 87.9 Å². The van der Waals surface area contributed by atoms with E-state index in [1.807, 2.05) is 19.1 Å². The lowest BCUT2D eigenvalue weighted by molar-refractivity contribution is -0.139. The molecule has 0 radical (unpaired) electrons. The maximum atomic E-state index is 13.3. The fraction of sp³-hybridized carbons (Fsp3) is 0.241. The fourth-order valence-electron chi connectivity index (χ4n) is 4.49. The van der Waals surface area contributed by atoms with E-state index in [4.69, 9.17) is 25.8 Å². The van der Waals surface area contributed by atoms with Crippen molar-refractivity contribution in [3.63, 3.8) is 0 Å². The van der Waals surface area contributed by atoms with Crippen LogP contribution in [-0.2, 0) is 16.0 Å². The molecule has 0 aliphatic carbocycles. The van der Waals surface area contributed by atoms with Crippen LogP contribution in [0.5, 0.6) is 23.0 Å². The number of hydrogen-bond donors (Lipinski definition) is 2. The molecule has 0 aromatic heterocycles. The Morgan fingerprint density at radius 1 is 0.974 bits per heavy atom. The Labute approximate surface area is 225 Å². The molecule has 3 aromatic rings. The summed E-state index contributed by atoms with van der Waals surface area (Å²) in [6, 6.07) is 15.4. The molecular weight excluding hydrogens is 510 g/mol. The van der Waals surface area contributed by atoms with Crippen molar-refractivity contribution in [2.45, 2.75) is 19.4 Å². The van der Waals surface area contributed by atoms with Gasteiger partial charge in [-0.05, 0) is 66.9 Å². The minimum atomic E-state index is -0.900. The van der Waals surface area contributed by atoms with Crippen molar-refractivity contribution in [1.82, 2.24) is 4.90 Å². The highest BCUT2D eigenvalue weighted by Crippen LogP contribution is 2.41. The van der Waals surface area contributed by atoms with Crippen molar-refractivity contribution in [1.29, 1.82) is 0 Å². The number of ketones is 1. The van der Waals surface area contributed by atoms with Gasteiger partial charge in [0.2, 0.25) is 0 Å². The highest BCUT2D eigenvalue weighted by molar-refractivity contribution is 6.47. The van der Waals surface area contributed by atoms with Gasteiger partial charge < -0.3 is 29.3 Å². The Bertz CT molecular complexity index is 1380. The van der Waals surface area contributed by atoms with Gasteiger partial charge in [0, 0.05) is 12.1 Å². The van der Waals surface area contributed by atoms with Crippen molar-refractivity contribution in [2.75, 3.05) is 27.4 Å². The van der Waals surface area contributed by atoms with Crippen LogP contribution in [0.1, 0.15) is 29.7 Å². The minimum absolute atomic E-state index is 0.0310. The Hall–Kier alpha value is -4.17. The third kappa shape index (κ3) is 5.26. The number of rotatable bonds is 9. The van der Waals surface area contributed by atoms with Crippen LogP contribution in [0.2, 0.25) is 5.02 Å². The van der Waals surface area contributed by atoms with Crippen molar-refractivity contribution < 1.29 is 34.0 Å². The highest BCUT2D eigenvalue weighted by atomic mass is 35.5. The number of carbonyl (C=O) groups is 2. The molecule has 198 valence electrons. The number of phenolic OH excluding ortho intramolecular Hbond substituents is 1. The number of halogens is 1. The number of Topliss-reactive ketones (excluding diaryl/α,β-unsaturated/α-hetero) is 1. The molecule has 1 amide bonds. The molecule has 4 rings (SSSR count). The molecule has 1 saturated heterocycles. The van der Waals surface area contributed by atoms with Gasteiger partial charge in [0.25, 0.3) is 11.7 Å². The first-order valence-electron chi connectivity index (χ1n) is 12.0. The number of phenols is 1. The second-order valence-electron chi connectivity index (χ2n) is 8.60. The summed E-state index contributed by atoms with van der Waals surface area (Å²) in [4.78, 5) is 28.0. The number of aromatic hydroxyl groups is 1. The molecule has 2 N–H and O–H groups in total. The normalized spacial score (nSPS) is 16.5. The molecule has 3 aromatic carbocycles. The number of likely N-dealkylation sites (tertiary alicyclic amines) is 1. The lowest BCUT2D eigenvalue weighted by Gasteiger charge is -2.25. The molecule has 1 heterocycles. The van der Waals surface area contributed by atoms with Crippen LogP contribution in [-0.4, -0.2) is 54.2 Å². The molecule has 0 bridgehead atoms. The van der Waals surface area contributed by atoms with Gasteiger partial charge >= 0.3 is 0 Å². The van der Waals surface area contributed by atoms with Crippen LogP contribution in [0.25, 0.3) is 5.76 Å². The number of aliphatic hydroxyl groups is 1. The minimum Gasteiger partial charge on any atom is -0.508 e. The second-order valence-corrected chi connectivity index (χ2v) is 9.01. The van der Waals surface area contributed by atoms with Crippen LogP contribution >= 0.6 is 11.6 Å². The zero-order chi connectivity index (χ0) is 27.4. The fourth-order valence-corrected chi connectivity index (χ4v) is 4.69. The van der Waals surface area contributed by atoms with Crippen molar-refractivity contribution >= 4 is 29.1 Å². The molecule has 1 fully saturated rings. The Kier molecular flexibility index (Phi) is 8.12. The van der Waals surface area contributed by atoms with Gasteiger partial charge in [-0.15, -0.1) is 0 Å². The maximum Gasteiger partial charge on any atom is 0.295 e. The average Bonchev–Trinajstić information content (AvgIpc) is 3.17. The summed E-state index contributed by atoms with van der Waals surface area (Å²) >= 11 is 6.38.